The monoisotopic (exact) mass is 645 g/mol. The van der Waals surface area contributed by atoms with Crippen molar-refractivity contribution < 1.29 is 15.0 Å². The number of nitrogens with zero attached hydrogens (tertiary/aromatic N) is 4. The van der Waals surface area contributed by atoms with Crippen LogP contribution in [-0.2, 0) is 24.2 Å². The number of nitrogens with one attached hydrogen (secondary N) is 3. The molecule has 6 rings (SSSR count). The van der Waals surface area contributed by atoms with Gasteiger partial charge in [-0.1, -0.05) is 78.9 Å². The van der Waals surface area contributed by atoms with Crippen LogP contribution < -0.4 is 15.5 Å². The summed E-state index contributed by atoms with van der Waals surface area (Å²) in [6.45, 7) is 5.80. The molecule has 0 aliphatic carbocycles. The van der Waals surface area contributed by atoms with Gasteiger partial charge in [0.2, 0.25) is 5.91 Å². The molecule has 1 unspecified atom stereocenters. The number of aliphatic hydroxyl groups excluding tert-OH is 1. The highest BCUT2D eigenvalue weighted by molar-refractivity contribution is 5.98. The number of aromatic hydroxyl groups is 1. The van der Waals surface area contributed by atoms with Crippen LogP contribution >= 0.6 is 0 Å². The number of anilines is 1. The van der Waals surface area contributed by atoms with E-state index in [0.717, 1.165) is 52.8 Å². The number of rotatable bonds is 13. The molecule has 48 heavy (non-hydrogen) atoms. The fraction of sp³-hybridized carbons (Fsp3) is 0.316. The molecule has 0 saturated heterocycles. The van der Waals surface area contributed by atoms with E-state index in [-0.39, 0.29) is 23.2 Å². The SMILES string of the molecule is CC(C)(CCN[C@@H]1CCc2ccccc2N(Cc2ccc(-c3ccccc3-c3nnn[nH]3)cc2)C1=O)NCC(O)Cc1ccc(O)cc1. The average Bonchev–Trinajstić information content (AvgIpc) is 3.60. The van der Waals surface area contributed by atoms with E-state index in [1.807, 2.05) is 53.4 Å². The maximum Gasteiger partial charge on any atom is 0.244 e. The molecule has 0 spiro atoms. The van der Waals surface area contributed by atoms with E-state index in [1.165, 1.54) is 5.56 Å². The molecule has 10 nitrogen and oxygen atoms in total. The van der Waals surface area contributed by atoms with Crippen LogP contribution in [0, 0.1) is 0 Å². The summed E-state index contributed by atoms with van der Waals surface area (Å²) >= 11 is 0. The zero-order valence-corrected chi connectivity index (χ0v) is 27.4. The second kappa shape index (κ2) is 14.9. The van der Waals surface area contributed by atoms with Gasteiger partial charge in [-0.2, -0.15) is 0 Å². The molecule has 2 heterocycles. The Morgan fingerprint density at radius 1 is 0.938 bits per heavy atom. The van der Waals surface area contributed by atoms with Crippen molar-refractivity contribution in [3.63, 3.8) is 0 Å². The highest BCUT2D eigenvalue weighted by Crippen LogP contribution is 2.32. The molecule has 1 amide bonds. The fourth-order valence-corrected chi connectivity index (χ4v) is 6.27. The fourth-order valence-electron chi connectivity index (χ4n) is 6.27. The van der Waals surface area contributed by atoms with Crippen molar-refractivity contribution in [3.8, 4) is 28.3 Å². The van der Waals surface area contributed by atoms with E-state index in [9.17, 15) is 15.0 Å². The lowest BCUT2D eigenvalue weighted by Crippen LogP contribution is -2.49. The highest BCUT2D eigenvalue weighted by Gasteiger charge is 2.30. The third-order valence-corrected chi connectivity index (χ3v) is 9.05. The molecule has 1 aromatic heterocycles. The number of para-hydroxylation sites is 1. The lowest BCUT2D eigenvalue weighted by atomic mass is 9.98. The van der Waals surface area contributed by atoms with Gasteiger partial charge in [0, 0.05) is 23.3 Å². The van der Waals surface area contributed by atoms with Crippen molar-refractivity contribution in [2.75, 3.05) is 18.0 Å². The van der Waals surface area contributed by atoms with Gasteiger partial charge < -0.3 is 25.7 Å². The Morgan fingerprint density at radius 3 is 2.40 bits per heavy atom. The van der Waals surface area contributed by atoms with Crippen molar-refractivity contribution in [2.24, 2.45) is 0 Å². The van der Waals surface area contributed by atoms with E-state index in [1.54, 1.807) is 12.1 Å². The van der Waals surface area contributed by atoms with Gasteiger partial charge in [0.15, 0.2) is 5.82 Å². The number of β-amino-alcohol motifs (C(OH)–C–C–N with tert-alkyl or cyclic N) is 1. The summed E-state index contributed by atoms with van der Waals surface area (Å²) < 4.78 is 0. The number of hydrogen-bond acceptors (Lipinski definition) is 8. The minimum atomic E-state index is -0.549. The van der Waals surface area contributed by atoms with Crippen molar-refractivity contribution in [1.82, 2.24) is 31.3 Å². The van der Waals surface area contributed by atoms with Gasteiger partial charge in [-0.3, -0.25) is 4.79 Å². The quantitative estimate of drug-likeness (QED) is 0.120. The Balaban J connectivity index is 1.09. The van der Waals surface area contributed by atoms with Gasteiger partial charge in [-0.15, -0.1) is 5.10 Å². The van der Waals surface area contributed by atoms with Crippen molar-refractivity contribution in [2.45, 2.75) is 63.8 Å². The van der Waals surface area contributed by atoms with Crippen LogP contribution in [0.4, 0.5) is 5.69 Å². The largest absolute Gasteiger partial charge is 0.508 e. The van der Waals surface area contributed by atoms with Gasteiger partial charge in [0.1, 0.15) is 5.75 Å². The topological polar surface area (TPSA) is 139 Å². The number of amides is 1. The standard InChI is InChI=1S/C38H43N7O3/c1-38(2,40-24-31(47)23-26-13-18-30(46)19-14-26)21-22-39-34-20-17-29-7-3-6-10-35(29)45(37(34)48)25-27-11-15-28(16-12-27)32-8-4-5-9-33(32)36-41-43-44-42-36/h3-16,18-19,31,34,39-40,46-47H,17,20-25H2,1-2H3,(H,41,42,43,44)/t31?,34-/m1/s1. The van der Waals surface area contributed by atoms with E-state index in [4.69, 9.17) is 0 Å². The zero-order valence-electron chi connectivity index (χ0n) is 27.4. The van der Waals surface area contributed by atoms with Gasteiger partial charge in [0.25, 0.3) is 0 Å². The second-order valence-corrected chi connectivity index (χ2v) is 13.1. The first-order valence-electron chi connectivity index (χ1n) is 16.5. The number of aromatic amines is 1. The molecule has 5 N–H and O–H groups in total. The summed E-state index contributed by atoms with van der Waals surface area (Å²) in [5.41, 5.74) is 6.88. The number of fused-ring (bicyclic) bond motifs is 1. The molecule has 0 fully saturated rings. The molecule has 0 saturated carbocycles. The molecule has 248 valence electrons. The first-order chi connectivity index (χ1) is 23.3. The number of aryl methyl sites for hydroxylation is 1. The molecule has 10 heteroatoms. The van der Waals surface area contributed by atoms with Crippen LogP contribution in [-0.4, -0.2) is 67.5 Å². The number of hydrogen-bond donors (Lipinski definition) is 5. The van der Waals surface area contributed by atoms with E-state index < -0.39 is 6.10 Å². The van der Waals surface area contributed by atoms with Crippen molar-refractivity contribution >= 4 is 11.6 Å². The normalized spacial score (nSPS) is 15.6. The van der Waals surface area contributed by atoms with Crippen LogP contribution in [0.25, 0.3) is 22.5 Å². The van der Waals surface area contributed by atoms with Crippen LogP contribution in [0.3, 0.4) is 0 Å². The Morgan fingerprint density at radius 2 is 1.65 bits per heavy atom. The minimum Gasteiger partial charge on any atom is -0.508 e. The number of H-pyrrole nitrogens is 1. The summed E-state index contributed by atoms with van der Waals surface area (Å²) in [5, 5.41) is 41.6. The first-order valence-corrected chi connectivity index (χ1v) is 16.5. The van der Waals surface area contributed by atoms with Gasteiger partial charge >= 0.3 is 0 Å². The van der Waals surface area contributed by atoms with Crippen molar-refractivity contribution in [1.29, 1.82) is 0 Å². The lowest BCUT2D eigenvalue weighted by molar-refractivity contribution is -0.120. The Kier molecular flexibility index (Phi) is 10.2. The molecule has 1 aliphatic heterocycles. The summed E-state index contributed by atoms with van der Waals surface area (Å²) in [5.74, 6) is 0.901. The number of phenols is 1. The smallest absolute Gasteiger partial charge is 0.244 e. The summed E-state index contributed by atoms with van der Waals surface area (Å²) in [7, 11) is 0. The highest BCUT2D eigenvalue weighted by atomic mass is 16.3. The molecule has 5 aromatic rings. The number of phenolic OH excluding ortho intramolecular Hbond substituents is 1. The van der Waals surface area contributed by atoms with Crippen molar-refractivity contribution in [3.05, 3.63) is 114 Å². The molecule has 0 bridgehead atoms. The molecule has 4 aromatic carbocycles. The van der Waals surface area contributed by atoms with Crippen LogP contribution in [0.15, 0.2) is 97.1 Å². The molecule has 0 radical (unpaired) electrons. The zero-order chi connectivity index (χ0) is 33.5. The Bertz CT molecular complexity index is 1790. The summed E-state index contributed by atoms with van der Waals surface area (Å²) in [6.07, 6.45) is 2.27. The predicted octanol–water partition coefficient (Wildman–Crippen LogP) is 5.04. The number of carbonyl (C=O) groups is 1. The molecular formula is C38H43N7O3. The van der Waals surface area contributed by atoms with Crippen LogP contribution in [0.2, 0.25) is 0 Å². The predicted molar refractivity (Wildman–Crippen MR) is 187 cm³/mol. The van der Waals surface area contributed by atoms with Gasteiger partial charge in [-0.25, -0.2) is 5.10 Å². The average molecular weight is 646 g/mol. The number of aliphatic hydroxyl groups is 1. The van der Waals surface area contributed by atoms with Crippen LogP contribution in [0.1, 0.15) is 43.4 Å². The Hall–Kier alpha value is -4.90. The number of tetrazole rings is 1. The number of benzene rings is 4. The van der Waals surface area contributed by atoms with E-state index in [2.05, 4.69) is 81.5 Å². The maximum atomic E-state index is 14.1. The minimum absolute atomic E-state index is 0.0716. The first kappa shape index (κ1) is 33.0. The van der Waals surface area contributed by atoms with Crippen LogP contribution in [0.5, 0.6) is 5.75 Å². The molecular weight excluding hydrogens is 602 g/mol. The summed E-state index contributed by atoms with van der Waals surface area (Å²) in [4.78, 5) is 16.0. The number of carbonyl (C=O) groups excluding carboxylic acids is 1. The maximum absolute atomic E-state index is 14.1. The van der Waals surface area contributed by atoms with Gasteiger partial charge in [-0.05, 0) is 103 Å². The second-order valence-electron chi connectivity index (χ2n) is 13.1. The molecule has 2 atom stereocenters. The summed E-state index contributed by atoms with van der Waals surface area (Å²) in [6, 6.07) is 31.1. The van der Waals surface area contributed by atoms with E-state index >= 15 is 0 Å². The van der Waals surface area contributed by atoms with Gasteiger partial charge in [0.05, 0.1) is 18.7 Å². The number of aromatic nitrogens is 4. The third-order valence-electron chi connectivity index (χ3n) is 9.05. The van der Waals surface area contributed by atoms with E-state index in [0.29, 0.717) is 31.9 Å². The third kappa shape index (κ3) is 8.14. The molecule has 1 aliphatic rings. The Labute approximate surface area is 281 Å². The lowest BCUT2D eigenvalue weighted by Gasteiger charge is -2.30.